The van der Waals surface area contributed by atoms with Gasteiger partial charge in [0.1, 0.15) is 0 Å². The molecule has 2 nitrogen and oxygen atoms in total. The maximum atomic E-state index is 5.64. The Morgan fingerprint density at radius 2 is 2.00 bits per heavy atom. The van der Waals surface area contributed by atoms with Gasteiger partial charge in [-0.2, -0.15) is 0 Å². The Labute approximate surface area is 112 Å². The van der Waals surface area contributed by atoms with Crippen molar-refractivity contribution in [2.24, 2.45) is 23.7 Å². The Hall–Kier alpha value is -0.340. The molecule has 18 heavy (non-hydrogen) atoms. The quantitative estimate of drug-likeness (QED) is 0.528. The summed E-state index contributed by atoms with van der Waals surface area (Å²) < 4.78 is 5.64. The first-order valence-electron chi connectivity index (χ1n) is 7.66. The van der Waals surface area contributed by atoms with Gasteiger partial charge in [0, 0.05) is 19.2 Å². The molecule has 0 saturated heterocycles. The number of hydrogen-bond donors (Lipinski definition) is 1. The first kappa shape index (κ1) is 14.1. The van der Waals surface area contributed by atoms with Crippen LogP contribution in [0.1, 0.15) is 40.0 Å². The van der Waals surface area contributed by atoms with Crippen LogP contribution in [-0.2, 0) is 4.74 Å². The molecule has 104 valence electrons. The number of rotatable bonds is 8. The number of allylic oxidation sites excluding steroid dienone is 2. The number of fused-ring (bicyclic) bond motifs is 2. The summed E-state index contributed by atoms with van der Waals surface area (Å²) in [4.78, 5) is 0. The molecule has 2 rings (SSSR count). The van der Waals surface area contributed by atoms with Gasteiger partial charge < -0.3 is 10.1 Å². The number of nitrogens with one attached hydrogen (secondary N) is 1. The van der Waals surface area contributed by atoms with Crippen LogP contribution >= 0.6 is 0 Å². The van der Waals surface area contributed by atoms with E-state index in [2.05, 4.69) is 38.2 Å². The predicted octanol–water partition coefficient (Wildman–Crippen LogP) is 3.24. The molecule has 1 fully saturated rings. The van der Waals surface area contributed by atoms with Crippen molar-refractivity contribution >= 4 is 0 Å². The van der Waals surface area contributed by atoms with E-state index in [1.165, 1.54) is 19.3 Å². The minimum atomic E-state index is 0.638. The average molecular weight is 251 g/mol. The monoisotopic (exact) mass is 251 g/mol. The van der Waals surface area contributed by atoms with E-state index in [1.54, 1.807) is 0 Å². The first-order chi connectivity index (χ1) is 8.66. The molecule has 2 aliphatic rings. The molecule has 4 atom stereocenters. The van der Waals surface area contributed by atoms with Crippen LogP contribution < -0.4 is 5.32 Å². The van der Waals surface area contributed by atoms with E-state index in [0.29, 0.717) is 6.04 Å². The second kappa shape index (κ2) is 6.72. The molecule has 0 spiro atoms. The summed E-state index contributed by atoms with van der Waals surface area (Å²) in [5.41, 5.74) is 0. The Kier molecular flexibility index (Phi) is 5.25. The smallest absolute Gasteiger partial charge is 0.0591 e. The van der Waals surface area contributed by atoms with Gasteiger partial charge >= 0.3 is 0 Å². The zero-order chi connectivity index (χ0) is 13.0. The van der Waals surface area contributed by atoms with Gasteiger partial charge in [-0.15, -0.1) is 0 Å². The van der Waals surface area contributed by atoms with Crippen LogP contribution in [0.4, 0.5) is 0 Å². The lowest BCUT2D eigenvalue weighted by Crippen LogP contribution is -2.37. The maximum Gasteiger partial charge on any atom is 0.0591 e. The summed E-state index contributed by atoms with van der Waals surface area (Å²) in [7, 11) is 0. The Bertz CT molecular complexity index is 274. The van der Waals surface area contributed by atoms with Crippen molar-refractivity contribution in [3.05, 3.63) is 12.2 Å². The topological polar surface area (TPSA) is 21.3 Å². The molecule has 0 radical (unpaired) electrons. The fraction of sp³-hybridized carbons (Fsp3) is 0.875. The van der Waals surface area contributed by atoms with Crippen LogP contribution in [-0.4, -0.2) is 25.8 Å². The second-order valence-corrected chi connectivity index (χ2v) is 6.48. The summed E-state index contributed by atoms with van der Waals surface area (Å²) in [5, 5.41) is 3.64. The maximum absolute atomic E-state index is 5.64. The minimum absolute atomic E-state index is 0.638. The van der Waals surface area contributed by atoms with E-state index >= 15 is 0 Å². The van der Waals surface area contributed by atoms with Gasteiger partial charge in [-0.3, -0.25) is 0 Å². The molecule has 2 aliphatic carbocycles. The molecule has 0 aromatic carbocycles. The largest absolute Gasteiger partial charge is 0.380 e. The highest BCUT2D eigenvalue weighted by Gasteiger charge is 2.38. The lowest BCUT2D eigenvalue weighted by molar-refractivity contribution is 0.121. The SMILES string of the molecule is CC(C)CCOCCNC(C)C1CC2C=CC1C2. The third kappa shape index (κ3) is 3.83. The summed E-state index contributed by atoms with van der Waals surface area (Å²) in [6, 6.07) is 0.638. The minimum Gasteiger partial charge on any atom is -0.380 e. The third-order valence-corrected chi connectivity index (χ3v) is 4.52. The fourth-order valence-corrected chi connectivity index (χ4v) is 3.33. The number of hydrogen-bond acceptors (Lipinski definition) is 2. The van der Waals surface area contributed by atoms with Gasteiger partial charge in [-0.05, 0) is 49.9 Å². The molecular weight excluding hydrogens is 222 g/mol. The van der Waals surface area contributed by atoms with Crippen molar-refractivity contribution in [3.8, 4) is 0 Å². The van der Waals surface area contributed by atoms with Gasteiger partial charge in [0.25, 0.3) is 0 Å². The van der Waals surface area contributed by atoms with Crippen LogP contribution in [0, 0.1) is 23.7 Å². The van der Waals surface area contributed by atoms with E-state index in [9.17, 15) is 0 Å². The normalized spacial score (nSPS) is 31.4. The molecule has 0 amide bonds. The summed E-state index contributed by atoms with van der Waals surface area (Å²) in [6.45, 7) is 9.58. The highest BCUT2D eigenvalue weighted by molar-refractivity contribution is 5.11. The van der Waals surface area contributed by atoms with E-state index in [0.717, 1.165) is 43.4 Å². The zero-order valence-corrected chi connectivity index (χ0v) is 12.2. The summed E-state index contributed by atoms with van der Waals surface area (Å²) in [6.07, 6.45) is 8.83. The van der Waals surface area contributed by atoms with E-state index in [1.807, 2.05) is 0 Å². The average Bonchev–Trinajstić information content (AvgIpc) is 2.94. The van der Waals surface area contributed by atoms with Crippen molar-refractivity contribution in [2.45, 2.75) is 46.1 Å². The van der Waals surface area contributed by atoms with Gasteiger partial charge in [0.15, 0.2) is 0 Å². The predicted molar refractivity (Wildman–Crippen MR) is 76.6 cm³/mol. The van der Waals surface area contributed by atoms with Crippen molar-refractivity contribution in [2.75, 3.05) is 19.8 Å². The van der Waals surface area contributed by atoms with Crippen LogP contribution in [0.2, 0.25) is 0 Å². The van der Waals surface area contributed by atoms with Crippen LogP contribution in [0.5, 0.6) is 0 Å². The van der Waals surface area contributed by atoms with Gasteiger partial charge in [0.05, 0.1) is 6.61 Å². The van der Waals surface area contributed by atoms with Gasteiger partial charge in [0.2, 0.25) is 0 Å². The molecule has 0 aromatic rings. The van der Waals surface area contributed by atoms with Crippen molar-refractivity contribution < 1.29 is 4.74 Å². The lowest BCUT2D eigenvalue weighted by atomic mass is 9.87. The molecule has 0 aromatic heterocycles. The van der Waals surface area contributed by atoms with Crippen molar-refractivity contribution in [3.63, 3.8) is 0 Å². The first-order valence-corrected chi connectivity index (χ1v) is 7.66. The highest BCUT2D eigenvalue weighted by Crippen LogP contribution is 2.44. The summed E-state index contributed by atoms with van der Waals surface area (Å²) >= 11 is 0. The van der Waals surface area contributed by atoms with Crippen LogP contribution in [0.15, 0.2) is 12.2 Å². The molecule has 0 aliphatic heterocycles. The van der Waals surface area contributed by atoms with Crippen LogP contribution in [0.3, 0.4) is 0 Å². The molecule has 1 N–H and O–H groups in total. The van der Waals surface area contributed by atoms with E-state index < -0.39 is 0 Å². The van der Waals surface area contributed by atoms with Crippen molar-refractivity contribution in [1.29, 1.82) is 0 Å². The van der Waals surface area contributed by atoms with Crippen LogP contribution in [0.25, 0.3) is 0 Å². The Morgan fingerprint density at radius 3 is 2.61 bits per heavy atom. The Morgan fingerprint density at radius 1 is 1.17 bits per heavy atom. The van der Waals surface area contributed by atoms with Gasteiger partial charge in [-0.25, -0.2) is 0 Å². The van der Waals surface area contributed by atoms with E-state index in [4.69, 9.17) is 4.74 Å². The molecule has 2 heteroatoms. The Balaban J connectivity index is 1.53. The molecule has 2 bridgehead atoms. The zero-order valence-electron chi connectivity index (χ0n) is 12.2. The highest BCUT2D eigenvalue weighted by atomic mass is 16.5. The van der Waals surface area contributed by atoms with Gasteiger partial charge in [-0.1, -0.05) is 26.0 Å². The molecule has 1 saturated carbocycles. The molecular formula is C16H29NO. The van der Waals surface area contributed by atoms with E-state index in [-0.39, 0.29) is 0 Å². The molecule has 0 heterocycles. The third-order valence-electron chi connectivity index (χ3n) is 4.52. The number of ether oxygens (including phenoxy) is 1. The van der Waals surface area contributed by atoms with Crippen molar-refractivity contribution in [1.82, 2.24) is 5.32 Å². The summed E-state index contributed by atoms with van der Waals surface area (Å²) in [5.74, 6) is 3.33. The fourth-order valence-electron chi connectivity index (χ4n) is 3.33. The second-order valence-electron chi connectivity index (χ2n) is 6.48. The standard InChI is InChI=1S/C16H29NO/c1-12(2)6-8-18-9-7-17-13(3)16-11-14-4-5-15(16)10-14/h4-5,12-17H,6-11H2,1-3H3. The lowest BCUT2D eigenvalue weighted by Gasteiger charge is -2.26. The molecule has 4 unspecified atom stereocenters.